The number of aromatic amines is 1. The summed E-state index contributed by atoms with van der Waals surface area (Å²) < 4.78 is 0. The molecule has 0 spiro atoms. The van der Waals surface area contributed by atoms with Crippen molar-refractivity contribution in [3.8, 4) is 0 Å². The van der Waals surface area contributed by atoms with Gasteiger partial charge in [-0.25, -0.2) is 4.79 Å². The number of hydrogen-bond donors (Lipinski definition) is 3. The summed E-state index contributed by atoms with van der Waals surface area (Å²) in [6, 6.07) is 6.12. The molecule has 2 amide bonds. The fourth-order valence-electron chi connectivity index (χ4n) is 3.17. The first-order valence-electron chi connectivity index (χ1n) is 7.63. The lowest BCUT2D eigenvalue weighted by atomic mass is 9.90. The number of carboxylic acids is 1. The second kappa shape index (κ2) is 5.76. The van der Waals surface area contributed by atoms with E-state index in [1.807, 2.05) is 24.3 Å². The van der Waals surface area contributed by atoms with Gasteiger partial charge in [-0.15, -0.1) is 0 Å². The van der Waals surface area contributed by atoms with Crippen LogP contribution in [0.25, 0.3) is 10.9 Å². The number of carboxylic acid groups (broad SMARTS) is 1. The van der Waals surface area contributed by atoms with E-state index in [-0.39, 0.29) is 19.3 Å². The Morgan fingerprint density at radius 2 is 1.92 bits per heavy atom. The Morgan fingerprint density at radius 1 is 1.29 bits per heavy atom. The largest absolute Gasteiger partial charge is 0.480 e. The zero-order chi connectivity index (χ0) is 17.5. The fraction of sp³-hybridized carbons (Fsp3) is 0.353. The Bertz CT molecular complexity index is 803. The molecule has 24 heavy (non-hydrogen) atoms. The van der Waals surface area contributed by atoms with Crippen LogP contribution in [-0.2, 0) is 20.8 Å². The third kappa shape index (κ3) is 2.90. The quantitative estimate of drug-likeness (QED) is 0.726. The monoisotopic (exact) mass is 330 g/mol. The highest BCUT2D eigenvalue weighted by molar-refractivity contribution is 6.02. The average molecular weight is 330 g/mol. The molecule has 1 fully saturated rings. The van der Waals surface area contributed by atoms with Crippen molar-refractivity contribution in [2.45, 2.75) is 37.8 Å². The standard InChI is InChI=1S/C17H18N2O5/c1-17(24)7-14(20)19(15(21)8-17)13(16(22)23)6-10-9-18-12-5-3-2-4-11(10)12/h2-5,9,13,18,24H,6-8H2,1H3,(H,22,23). The Morgan fingerprint density at radius 3 is 2.54 bits per heavy atom. The van der Waals surface area contributed by atoms with Crippen molar-refractivity contribution >= 4 is 28.7 Å². The number of benzene rings is 1. The van der Waals surface area contributed by atoms with Crippen LogP contribution in [0, 0.1) is 0 Å². The molecule has 1 aromatic heterocycles. The van der Waals surface area contributed by atoms with Crippen molar-refractivity contribution in [2.75, 3.05) is 0 Å². The van der Waals surface area contributed by atoms with Crippen molar-refractivity contribution in [3.63, 3.8) is 0 Å². The highest BCUT2D eigenvalue weighted by atomic mass is 16.4. The number of aromatic nitrogens is 1. The number of hydrogen-bond acceptors (Lipinski definition) is 4. The summed E-state index contributed by atoms with van der Waals surface area (Å²) in [5, 5.41) is 20.3. The predicted molar refractivity (Wildman–Crippen MR) is 85.1 cm³/mol. The number of amides is 2. The molecule has 1 aromatic carbocycles. The van der Waals surface area contributed by atoms with E-state index in [4.69, 9.17) is 0 Å². The topological polar surface area (TPSA) is 111 Å². The van der Waals surface area contributed by atoms with Crippen LogP contribution in [0.4, 0.5) is 0 Å². The van der Waals surface area contributed by atoms with Gasteiger partial charge in [0.05, 0.1) is 18.4 Å². The van der Waals surface area contributed by atoms with Crippen LogP contribution in [0.15, 0.2) is 30.5 Å². The Labute approximate surface area is 137 Å². The molecule has 1 unspecified atom stereocenters. The zero-order valence-electron chi connectivity index (χ0n) is 13.2. The number of H-pyrrole nitrogens is 1. The summed E-state index contributed by atoms with van der Waals surface area (Å²) in [7, 11) is 0. The first-order valence-corrected chi connectivity index (χ1v) is 7.63. The minimum Gasteiger partial charge on any atom is -0.480 e. The van der Waals surface area contributed by atoms with Crippen molar-refractivity contribution < 1.29 is 24.6 Å². The van der Waals surface area contributed by atoms with Crippen LogP contribution < -0.4 is 0 Å². The molecule has 1 aliphatic rings. The molecule has 1 saturated heterocycles. The second-order valence-corrected chi connectivity index (χ2v) is 6.43. The van der Waals surface area contributed by atoms with Crippen LogP contribution in [0.3, 0.4) is 0 Å². The van der Waals surface area contributed by atoms with E-state index in [1.165, 1.54) is 6.92 Å². The van der Waals surface area contributed by atoms with Crippen LogP contribution in [0.5, 0.6) is 0 Å². The smallest absolute Gasteiger partial charge is 0.327 e. The van der Waals surface area contributed by atoms with Crippen LogP contribution in [0.2, 0.25) is 0 Å². The predicted octanol–water partition coefficient (Wildman–Crippen LogP) is 1.06. The molecule has 2 heterocycles. The molecule has 0 aliphatic carbocycles. The molecule has 3 rings (SSSR count). The van der Waals surface area contributed by atoms with Gasteiger partial charge >= 0.3 is 5.97 Å². The van der Waals surface area contributed by atoms with Gasteiger partial charge in [-0.05, 0) is 18.6 Å². The molecular weight excluding hydrogens is 312 g/mol. The molecule has 7 nitrogen and oxygen atoms in total. The molecule has 126 valence electrons. The van der Waals surface area contributed by atoms with Gasteiger partial charge < -0.3 is 15.2 Å². The highest BCUT2D eigenvalue weighted by Gasteiger charge is 2.44. The molecule has 1 aliphatic heterocycles. The maximum Gasteiger partial charge on any atom is 0.327 e. The Kier molecular flexibility index (Phi) is 3.88. The molecule has 0 saturated carbocycles. The number of carbonyl (C=O) groups excluding carboxylic acids is 2. The third-order valence-electron chi connectivity index (χ3n) is 4.29. The minimum atomic E-state index is -1.42. The van der Waals surface area contributed by atoms with Crippen LogP contribution in [0.1, 0.15) is 25.3 Å². The number of likely N-dealkylation sites (tertiary alicyclic amines) is 1. The summed E-state index contributed by atoms with van der Waals surface area (Å²) in [4.78, 5) is 40.0. The van der Waals surface area contributed by atoms with E-state index in [9.17, 15) is 24.6 Å². The van der Waals surface area contributed by atoms with Gasteiger partial charge in [-0.1, -0.05) is 18.2 Å². The van der Waals surface area contributed by atoms with E-state index in [0.29, 0.717) is 0 Å². The number of nitrogens with one attached hydrogen (secondary N) is 1. The van der Waals surface area contributed by atoms with Crippen molar-refractivity contribution in [3.05, 3.63) is 36.0 Å². The van der Waals surface area contributed by atoms with Gasteiger partial charge in [0, 0.05) is 23.5 Å². The molecule has 3 N–H and O–H groups in total. The van der Waals surface area contributed by atoms with Gasteiger partial charge in [0.2, 0.25) is 11.8 Å². The summed E-state index contributed by atoms with van der Waals surface area (Å²) in [5.41, 5.74) is 0.154. The third-order valence-corrected chi connectivity index (χ3v) is 4.29. The number of para-hydroxylation sites is 1. The molecule has 7 heteroatoms. The van der Waals surface area contributed by atoms with Crippen LogP contribution >= 0.6 is 0 Å². The van der Waals surface area contributed by atoms with E-state index in [0.717, 1.165) is 21.4 Å². The fourth-order valence-corrected chi connectivity index (χ4v) is 3.17. The normalized spacial score (nSPS) is 18.8. The highest BCUT2D eigenvalue weighted by Crippen LogP contribution is 2.27. The lowest BCUT2D eigenvalue weighted by Gasteiger charge is -2.36. The van der Waals surface area contributed by atoms with E-state index in [2.05, 4.69) is 4.98 Å². The second-order valence-electron chi connectivity index (χ2n) is 6.43. The molecule has 1 atom stereocenters. The maximum absolute atomic E-state index is 12.2. The summed E-state index contributed by atoms with van der Waals surface area (Å²) in [5.74, 6) is -2.57. The first-order chi connectivity index (χ1) is 11.3. The number of carbonyl (C=O) groups is 3. The van der Waals surface area contributed by atoms with E-state index in [1.54, 1.807) is 6.20 Å². The van der Waals surface area contributed by atoms with E-state index >= 15 is 0 Å². The molecule has 0 radical (unpaired) electrons. The van der Waals surface area contributed by atoms with Crippen molar-refractivity contribution in [1.82, 2.24) is 9.88 Å². The van der Waals surface area contributed by atoms with Gasteiger partial charge in [0.15, 0.2) is 0 Å². The first kappa shape index (κ1) is 16.2. The Hall–Kier alpha value is -2.67. The summed E-state index contributed by atoms with van der Waals surface area (Å²) in [6.45, 7) is 1.40. The molecule has 0 bridgehead atoms. The number of fused-ring (bicyclic) bond motifs is 1. The number of imide groups is 1. The van der Waals surface area contributed by atoms with Gasteiger partial charge in [0.25, 0.3) is 0 Å². The number of aliphatic hydroxyl groups is 1. The molecular formula is C17H18N2O5. The lowest BCUT2D eigenvalue weighted by Crippen LogP contribution is -2.56. The van der Waals surface area contributed by atoms with Crippen molar-refractivity contribution in [2.24, 2.45) is 0 Å². The van der Waals surface area contributed by atoms with Gasteiger partial charge in [-0.3, -0.25) is 14.5 Å². The molecule has 2 aromatic rings. The van der Waals surface area contributed by atoms with Crippen LogP contribution in [-0.4, -0.2) is 49.5 Å². The lowest BCUT2D eigenvalue weighted by molar-refractivity contribution is -0.167. The van der Waals surface area contributed by atoms with E-state index < -0.39 is 29.4 Å². The Balaban J connectivity index is 1.92. The average Bonchev–Trinajstić information content (AvgIpc) is 2.87. The minimum absolute atomic E-state index is 0.0129. The van der Waals surface area contributed by atoms with Crippen molar-refractivity contribution in [1.29, 1.82) is 0 Å². The number of aliphatic carboxylic acids is 1. The number of piperidine rings is 1. The maximum atomic E-state index is 12.2. The summed E-state index contributed by atoms with van der Waals surface area (Å²) >= 11 is 0. The number of rotatable bonds is 4. The number of nitrogens with zero attached hydrogens (tertiary/aromatic N) is 1. The summed E-state index contributed by atoms with van der Waals surface area (Å²) in [6.07, 6.45) is 1.17. The van der Waals surface area contributed by atoms with Gasteiger partial charge in [0.1, 0.15) is 6.04 Å². The zero-order valence-corrected chi connectivity index (χ0v) is 13.2. The van der Waals surface area contributed by atoms with Gasteiger partial charge in [-0.2, -0.15) is 0 Å². The SMILES string of the molecule is CC1(O)CC(=O)N(C(Cc2c[nH]c3ccccc23)C(=O)O)C(=O)C1.